The molecule has 0 bridgehead atoms. The molecule has 144 valence electrons. The first-order valence-corrected chi connectivity index (χ1v) is 9.60. The van der Waals surface area contributed by atoms with Crippen LogP contribution in [0.2, 0.25) is 0 Å². The number of aromatic nitrogens is 6. The van der Waals surface area contributed by atoms with Crippen molar-refractivity contribution in [2.24, 2.45) is 5.92 Å². The topological polar surface area (TPSA) is 120 Å². The van der Waals surface area contributed by atoms with Gasteiger partial charge in [0.1, 0.15) is 6.33 Å². The average Bonchev–Trinajstić information content (AvgIpc) is 3.05. The third-order valence-corrected chi connectivity index (χ3v) is 4.45. The lowest BCUT2D eigenvalue weighted by Crippen LogP contribution is -2.33. The van der Waals surface area contributed by atoms with Crippen LogP contribution in [0, 0.1) is 5.92 Å². The van der Waals surface area contributed by atoms with Crippen LogP contribution in [0.3, 0.4) is 0 Å². The predicted octanol–water partition coefficient (Wildman–Crippen LogP) is 1.18. The molecule has 0 amide bonds. The minimum absolute atomic E-state index is 0.00544. The van der Waals surface area contributed by atoms with Crippen molar-refractivity contribution in [1.29, 1.82) is 0 Å². The van der Waals surface area contributed by atoms with Gasteiger partial charge in [-0.3, -0.25) is 9.78 Å². The minimum Gasteiger partial charge on any atom is -0.490 e. The summed E-state index contributed by atoms with van der Waals surface area (Å²) in [7, 11) is 1.36. The van der Waals surface area contributed by atoms with Crippen molar-refractivity contribution in [2.75, 3.05) is 25.2 Å². The van der Waals surface area contributed by atoms with E-state index in [-0.39, 0.29) is 5.75 Å². The van der Waals surface area contributed by atoms with Crippen LogP contribution in [0.5, 0.6) is 5.75 Å². The van der Waals surface area contributed by atoms with E-state index in [0.29, 0.717) is 28.1 Å². The van der Waals surface area contributed by atoms with Gasteiger partial charge in [-0.15, -0.1) is 0 Å². The molecule has 11 heteroatoms. The van der Waals surface area contributed by atoms with Gasteiger partial charge in [-0.1, -0.05) is 25.6 Å². The molecule has 0 spiro atoms. The second kappa shape index (κ2) is 7.82. The lowest BCUT2D eigenvalue weighted by molar-refractivity contribution is 0.397. The fourth-order valence-corrected chi connectivity index (χ4v) is 2.83. The van der Waals surface area contributed by atoms with E-state index in [0.717, 1.165) is 13.0 Å². The van der Waals surface area contributed by atoms with Crippen molar-refractivity contribution < 1.29 is 4.74 Å². The van der Waals surface area contributed by atoms with Crippen LogP contribution in [0.4, 0.5) is 5.82 Å². The summed E-state index contributed by atoms with van der Waals surface area (Å²) in [5.74, 6) is 1.17. The molecule has 0 aliphatic carbocycles. The predicted molar refractivity (Wildman–Crippen MR) is 104 cm³/mol. The number of thioether (sulfide) groups is 1. The average molecular weight is 391 g/mol. The number of anilines is 1. The monoisotopic (exact) mass is 391 g/mol. The van der Waals surface area contributed by atoms with Gasteiger partial charge in [0.25, 0.3) is 5.56 Å². The van der Waals surface area contributed by atoms with Gasteiger partial charge in [0.2, 0.25) is 5.75 Å². The van der Waals surface area contributed by atoms with Crippen LogP contribution in [0.1, 0.15) is 20.3 Å². The SMILES string of the molecule is COc1cn(-n2cnc3c(NCCC(C)C)nc(SC)nc32)c(=O)[nH]c1=O. The number of hydrogen-bond donors (Lipinski definition) is 2. The molecule has 27 heavy (non-hydrogen) atoms. The quantitative estimate of drug-likeness (QED) is 0.455. The fraction of sp³-hybridized carbons (Fsp3) is 0.438. The number of nitrogens with zero attached hydrogens (tertiary/aromatic N) is 5. The van der Waals surface area contributed by atoms with Crippen molar-refractivity contribution in [3.8, 4) is 5.75 Å². The maximum atomic E-state index is 12.3. The van der Waals surface area contributed by atoms with E-state index >= 15 is 0 Å². The Morgan fingerprint density at radius 2 is 2.07 bits per heavy atom. The molecule has 3 aromatic heterocycles. The number of fused-ring (bicyclic) bond motifs is 1. The fourth-order valence-electron chi connectivity index (χ4n) is 2.47. The first-order valence-electron chi connectivity index (χ1n) is 8.38. The van der Waals surface area contributed by atoms with Crippen LogP contribution in [0.15, 0.2) is 27.3 Å². The molecule has 0 aromatic carbocycles. The maximum absolute atomic E-state index is 12.3. The molecule has 0 fully saturated rings. The Morgan fingerprint density at radius 1 is 1.30 bits per heavy atom. The number of rotatable bonds is 7. The van der Waals surface area contributed by atoms with Gasteiger partial charge < -0.3 is 10.1 Å². The molecular weight excluding hydrogens is 370 g/mol. The van der Waals surface area contributed by atoms with E-state index in [1.165, 1.54) is 40.7 Å². The molecule has 0 aliphatic heterocycles. The van der Waals surface area contributed by atoms with Crippen LogP contribution in [-0.2, 0) is 0 Å². The molecule has 10 nitrogen and oxygen atoms in total. The minimum atomic E-state index is -0.626. The highest BCUT2D eigenvalue weighted by molar-refractivity contribution is 7.98. The third kappa shape index (κ3) is 3.82. The first-order chi connectivity index (χ1) is 12.9. The normalized spacial score (nSPS) is 11.3. The summed E-state index contributed by atoms with van der Waals surface area (Å²) in [6.07, 6.45) is 5.61. The van der Waals surface area contributed by atoms with Crippen molar-refractivity contribution in [3.63, 3.8) is 0 Å². The van der Waals surface area contributed by atoms with Crippen LogP contribution in [0.25, 0.3) is 11.2 Å². The van der Waals surface area contributed by atoms with Gasteiger partial charge >= 0.3 is 5.69 Å². The Morgan fingerprint density at radius 3 is 2.74 bits per heavy atom. The molecule has 0 saturated carbocycles. The van der Waals surface area contributed by atoms with Gasteiger partial charge in [0.15, 0.2) is 22.1 Å². The molecule has 0 saturated heterocycles. The van der Waals surface area contributed by atoms with E-state index in [4.69, 9.17) is 4.74 Å². The van der Waals surface area contributed by atoms with E-state index in [1.807, 2.05) is 6.26 Å². The number of imidazole rings is 1. The molecular formula is C16H21N7O3S. The number of nitrogens with one attached hydrogen (secondary N) is 2. The Bertz CT molecular complexity index is 1070. The maximum Gasteiger partial charge on any atom is 0.347 e. The molecule has 3 heterocycles. The van der Waals surface area contributed by atoms with Crippen molar-refractivity contribution >= 4 is 28.7 Å². The molecule has 0 aliphatic rings. The van der Waals surface area contributed by atoms with Gasteiger partial charge in [-0.2, -0.15) is 4.68 Å². The highest BCUT2D eigenvalue weighted by Gasteiger charge is 2.16. The Balaban J connectivity index is 2.13. The third-order valence-electron chi connectivity index (χ3n) is 3.90. The summed E-state index contributed by atoms with van der Waals surface area (Å²) < 4.78 is 7.64. The summed E-state index contributed by atoms with van der Waals surface area (Å²) in [6.45, 7) is 5.04. The van der Waals surface area contributed by atoms with E-state index in [1.54, 1.807) is 0 Å². The van der Waals surface area contributed by atoms with Crippen LogP contribution >= 0.6 is 11.8 Å². The van der Waals surface area contributed by atoms with Gasteiger partial charge in [0, 0.05) is 6.54 Å². The molecule has 3 rings (SSSR count). The van der Waals surface area contributed by atoms with Crippen LogP contribution < -0.4 is 21.3 Å². The van der Waals surface area contributed by atoms with Gasteiger partial charge in [-0.05, 0) is 18.6 Å². The largest absolute Gasteiger partial charge is 0.490 e. The number of methoxy groups -OCH3 is 1. The number of ether oxygens (including phenoxy) is 1. The Kier molecular flexibility index (Phi) is 5.49. The number of hydrogen-bond acceptors (Lipinski definition) is 8. The second-order valence-corrected chi connectivity index (χ2v) is 7.00. The summed E-state index contributed by atoms with van der Waals surface area (Å²) in [5, 5.41) is 3.84. The Hall–Kier alpha value is -2.82. The van der Waals surface area contributed by atoms with Crippen LogP contribution in [-0.4, -0.2) is 49.2 Å². The summed E-state index contributed by atoms with van der Waals surface area (Å²) in [6, 6.07) is 0. The lowest BCUT2D eigenvalue weighted by atomic mass is 10.1. The van der Waals surface area contributed by atoms with Gasteiger partial charge in [-0.25, -0.2) is 24.4 Å². The first kappa shape index (κ1) is 19.0. The van der Waals surface area contributed by atoms with Gasteiger partial charge in [0.05, 0.1) is 13.3 Å². The van der Waals surface area contributed by atoms with Crippen molar-refractivity contribution in [2.45, 2.75) is 25.4 Å². The molecule has 0 atom stereocenters. The highest BCUT2D eigenvalue weighted by atomic mass is 32.2. The van der Waals surface area contributed by atoms with Crippen molar-refractivity contribution in [1.82, 2.24) is 29.3 Å². The highest BCUT2D eigenvalue weighted by Crippen LogP contribution is 2.22. The lowest BCUT2D eigenvalue weighted by Gasteiger charge is -2.11. The number of H-pyrrole nitrogens is 1. The van der Waals surface area contributed by atoms with Crippen molar-refractivity contribution in [3.05, 3.63) is 33.4 Å². The zero-order valence-electron chi connectivity index (χ0n) is 15.5. The summed E-state index contributed by atoms with van der Waals surface area (Å²) in [5.41, 5.74) is -0.247. The zero-order valence-corrected chi connectivity index (χ0v) is 16.3. The smallest absolute Gasteiger partial charge is 0.347 e. The molecule has 0 radical (unpaired) electrons. The number of aromatic amines is 1. The second-order valence-electron chi connectivity index (χ2n) is 6.23. The summed E-state index contributed by atoms with van der Waals surface area (Å²) in [4.78, 5) is 39.5. The Labute approximate surface area is 159 Å². The molecule has 0 unspecified atom stereocenters. The standard InChI is InChI=1S/C16H21N7O3S/c1-9(2)5-6-17-12-11-13(20-15(19-12)27-4)23(8-18-11)22-7-10(26-3)14(24)21-16(22)25/h7-9H,5-6H2,1-4H3,(H,17,19,20)(H,21,24,25). The van der Waals surface area contributed by atoms with E-state index in [9.17, 15) is 9.59 Å². The molecule has 2 N–H and O–H groups in total. The molecule has 3 aromatic rings. The van der Waals surface area contributed by atoms with E-state index in [2.05, 4.69) is 39.1 Å². The summed E-state index contributed by atoms with van der Waals surface area (Å²) >= 11 is 1.39. The zero-order chi connectivity index (χ0) is 19.6. The van der Waals surface area contributed by atoms with E-state index < -0.39 is 11.2 Å².